The Labute approximate surface area is 153 Å². The van der Waals surface area contributed by atoms with Gasteiger partial charge in [-0.3, -0.25) is 4.72 Å². The SMILES string of the molecule is Cc1cc(S(=O)(=O)Nc2ccc(Nc3c(F)cccc3F)nc2)ccc1F. The van der Waals surface area contributed by atoms with Gasteiger partial charge in [0, 0.05) is 0 Å². The van der Waals surface area contributed by atoms with Gasteiger partial charge in [-0.15, -0.1) is 0 Å². The van der Waals surface area contributed by atoms with E-state index in [9.17, 15) is 21.6 Å². The van der Waals surface area contributed by atoms with Crippen molar-refractivity contribution in [2.75, 3.05) is 10.0 Å². The number of halogens is 3. The molecular formula is C18H14F3N3O2S. The summed E-state index contributed by atoms with van der Waals surface area (Å²) in [5, 5.41) is 2.50. The fraction of sp³-hybridized carbons (Fsp3) is 0.0556. The van der Waals surface area contributed by atoms with Crippen LogP contribution in [-0.2, 0) is 10.0 Å². The summed E-state index contributed by atoms with van der Waals surface area (Å²) in [6.07, 6.45) is 1.19. The molecule has 0 spiro atoms. The molecule has 2 N–H and O–H groups in total. The second-order valence-corrected chi connectivity index (χ2v) is 7.35. The van der Waals surface area contributed by atoms with Crippen LogP contribution in [0.4, 0.5) is 30.4 Å². The van der Waals surface area contributed by atoms with Crippen molar-refractivity contribution in [1.82, 2.24) is 4.98 Å². The number of para-hydroxylation sites is 1. The van der Waals surface area contributed by atoms with Gasteiger partial charge < -0.3 is 5.32 Å². The van der Waals surface area contributed by atoms with E-state index in [1.165, 1.54) is 37.4 Å². The van der Waals surface area contributed by atoms with Gasteiger partial charge in [0.05, 0.1) is 16.8 Å². The first kappa shape index (κ1) is 18.7. The topological polar surface area (TPSA) is 71.1 Å². The predicted molar refractivity (Wildman–Crippen MR) is 95.8 cm³/mol. The highest BCUT2D eigenvalue weighted by Crippen LogP contribution is 2.23. The lowest BCUT2D eigenvalue weighted by atomic mass is 10.2. The third-order valence-electron chi connectivity index (χ3n) is 3.67. The molecule has 1 heterocycles. The minimum Gasteiger partial charge on any atom is -0.335 e. The average molecular weight is 393 g/mol. The lowest BCUT2D eigenvalue weighted by molar-refractivity contribution is 0.590. The molecule has 0 saturated carbocycles. The van der Waals surface area contributed by atoms with Crippen LogP contribution in [0.5, 0.6) is 0 Å². The Morgan fingerprint density at radius 3 is 2.22 bits per heavy atom. The maximum absolute atomic E-state index is 13.6. The summed E-state index contributed by atoms with van der Waals surface area (Å²) in [7, 11) is -3.93. The second kappa shape index (κ2) is 7.28. The third-order valence-corrected chi connectivity index (χ3v) is 5.05. The third kappa shape index (κ3) is 4.20. The van der Waals surface area contributed by atoms with E-state index in [2.05, 4.69) is 15.0 Å². The Balaban J connectivity index is 1.78. The molecule has 0 aliphatic rings. The lowest BCUT2D eigenvalue weighted by Gasteiger charge is -2.11. The Morgan fingerprint density at radius 1 is 0.926 bits per heavy atom. The number of benzene rings is 2. The number of hydrogen-bond acceptors (Lipinski definition) is 4. The molecule has 0 radical (unpaired) electrons. The summed E-state index contributed by atoms with van der Waals surface area (Å²) in [5.74, 6) is -1.95. The Hall–Kier alpha value is -3.07. The second-order valence-electron chi connectivity index (χ2n) is 5.67. The monoisotopic (exact) mass is 393 g/mol. The minimum atomic E-state index is -3.93. The number of sulfonamides is 1. The van der Waals surface area contributed by atoms with Crippen LogP contribution < -0.4 is 10.0 Å². The summed E-state index contributed by atoms with van der Waals surface area (Å²) in [6.45, 7) is 1.46. The molecule has 3 rings (SSSR count). The molecule has 0 fully saturated rings. The minimum absolute atomic E-state index is 0.1000. The molecule has 2 aromatic carbocycles. The number of aromatic nitrogens is 1. The molecule has 0 saturated heterocycles. The van der Waals surface area contributed by atoms with Gasteiger partial charge in [0.25, 0.3) is 10.0 Å². The van der Waals surface area contributed by atoms with E-state index in [1.54, 1.807) is 0 Å². The molecule has 0 atom stereocenters. The number of nitrogens with one attached hydrogen (secondary N) is 2. The molecule has 27 heavy (non-hydrogen) atoms. The predicted octanol–water partition coefficient (Wildman–Crippen LogP) is 4.35. The molecule has 0 unspecified atom stereocenters. The van der Waals surface area contributed by atoms with Crippen molar-refractivity contribution in [2.45, 2.75) is 11.8 Å². The zero-order valence-electron chi connectivity index (χ0n) is 14.0. The van der Waals surface area contributed by atoms with Crippen molar-refractivity contribution >= 4 is 27.2 Å². The van der Waals surface area contributed by atoms with Crippen molar-refractivity contribution < 1.29 is 21.6 Å². The highest BCUT2D eigenvalue weighted by atomic mass is 32.2. The van der Waals surface area contributed by atoms with E-state index in [0.717, 1.165) is 24.3 Å². The number of rotatable bonds is 5. The maximum Gasteiger partial charge on any atom is 0.261 e. The number of nitrogens with zero attached hydrogens (tertiary/aromatic N) is 1. The zero-order valence-corrected chi connectivity index (χ0v) is 14.8. The Kier molecular flexibility index (Phi) is 5.04. The first-order valence-corrected chi connectivity index (χ1v) is 9.20. The fourth-order valence-corrected chi connectivity index (χ4v) is 3.40. The fourth-order valence-electron chi connectivity index (χ4n) is 2.27. The van der Waals surface area contributed by atoms with Crippen LogP contribution in [0.25, 0.3) is 0 Å². The van der Waals surface area contributed by atoms with Gasteiger partial charge >= 0.3 is 0 Å². The van der Waals surface area contributed by atoms with E-state index in [4.69, 9.17) is 0 Å². The number of hydrogen-bond donors (Lipinski definition) is 2. The van der Waals surface area contributed by atoms with Gasteiger partial charge in [-0.05, 0) is 55.0 Å². The van der Waals surface area contributed by atoms with E-state index < -0.39 is 27.5 Å². The van der Waals surface area contributed by atoms with E-state index >= 15 is 0 Å². The molecule has 0 aliphatic heterocycles. The Bertz CT molecular complexity index is 1070. The molecular weight excluding hydrogens is 379 g/mol. The zero-order chi connectivity index (χ0) is 19.6. The van der Waals surface area contributed by atoms with Crippen LogP contribution in [0.1, 0.15) is 5.56 Å². The molecule has 5 nitrogen and oxygen atoms in total. The van der Waals surface area contributed by atoms with Crippen LogP contribution >= 0.6 is 0 Å². The van der Waals surface area contributed by atoms with Gasteiger partial charge in [-0.1, -0.05) is 6.07 Å². The summed E-state index contributed by atoms with van der Waals surface area (Å²) >= 11 is 0. The molecule has 0 bridgehead atoms. The van der Waals surface area contributed by atoms with E-state index in [-0.39, 0.29) is 27.7 Å². The smallest absolute Gasteiger partial charge is 0.261 e. The van der Waals surface area contributed by atoms with Crippen LogP contribution in [0.3, 0.4) is 0 Å². The first-order chi connectivity index (χ1) is 12.8. The molecule has 140 valence electrons. The molecule has 9 heteroatoms. The quantitative estimate of drug-likeness (QED) is 0.676. The highest BCUT2D eigenvalue weighted by molar-refractivity contribution is 7.92. The van der Waals surface area contributed by atoms with Crippen molar-refractivity contribution in [3.8, 4) is 0 Å². The molecule has 0 amide bonds. The van der Waals surface area contributed by atoms with Gasteiger partial charge in [0.2, 0.25) is 0 Å². The summed E-state index contributed by atoms with van der Waals surface area (Å²) in [4.78, 5) is 3.83. The standard InChI is InChI=1S/C18H14F3N3O2S/c1-11-9-13(6-7-14(11)19)27(25,26)24-12-5-8-17(22-10-12)23-18-15(20)3-2-4-16(18)21/h2-10,24H,1H3,(H,22,23). The molecule has 0 aliphatic carbocycles. The largest absolute Gasteiger partial charge is 0.335 e. The first-order valence-electron chi connectivity index (χ1n) is 7.72. The van der Waals surface area contributed by atoms with Crippen molar-refractivity contribution in [1.29, 1.82) is 0 Å². The summed E-state index contributed by atoms with van der Waals surface area (Å²) < 4.78 is 67.6. The molecule has 3 aromatic rings. The van der Waals surface area contributed by atoms with Crippen LogP contribution in [-0.4, -0.2) is 13.4 Å². The lowest BCUT2D eigenvalue weighted by Crippen LogP contribution is -2.13. The number of anilines is 3. The number of pyridine rings is 1. The van der Waals surface area contributed by atoms with Gasteiger partial charge in [0.15, 0.2) is 0 Å². The van der Waals surface area contributed by atoms with Crippen molar-refractivity contribution in [3.05, 3.63) is 77.7 Å². The van der Waals surface area contributed by atoms with Crippen LogP contribution in [0, 0.1) is 24.4 Å². The van der Waals surface area contributed by atoms with Crippen molar-refractivity contribution in [2.24, 2.45) is 0 Å². The average Bonchev–Trinajstić information content (AvgIpc) is 2.62. The van der Waals surface area contributed by atoms with Crippen molar-refractivity contribution in [3.63, 3.8) is 0 Å². The number of aryl methyl sites for hydroxylation is 1. The van der Waals surface area contributed by atoms with E-state index in [1.807, 2.05) is 0 Å². The highest BCUT2D eigenvalue weighted by Gasteiger charge is 2.16. The van der Waals surface area contributed by atoms with Gasteiger partial charge in [-0.2, -0.15) is 0 Å². The van der Waals surface area contributed by atoms with Gasteiger partial charge in [0.1, 0.15) is 29.0 Å². The normalized spacial score (nSPS) is 11.3. The molecule has 1 aromatic heterocycles. The van der Waals surface area contributed by atoms with E-state index in [0.29, 0.717) is 0 Å². The maximum atomic E-state index is 13.6. The van der Waals surface area contributed by atoms with Crippen LogP contribution in [0.15, 0.2) is 59.6 Å². The van der Waals surface area contributed by atoms with Gasteiger partial charge in [-0.25, -0.2) is 26.6 Å². The van der Waals surface area contributed by atoms with Crippen LogP contribution in [0.2, 0.25) is 0 Å². The Morgan fingerprint density at radius 2 is 1.63 bits per heavy atom. The summed E-state index contributed by atoms with van der Waals surface area (Å²) in [6, 6.07) is 9.59. The summed E-state index contributed by atoms with van der Waals surface area (Å²) in [5.41, 5.74) is -0.0286.